The van der Waals surface area contributed by atoms with Crippen molar-refractivity contribution in [2.24, 2.45) is 0 Å². The van der Waals surface area contributed by atoms with Crippen LogP contribution in [0, 0.1) is 17.7 Å². The molecule has 1 aromatic carbocycles. The van der Waals surface area contributed by atoms with Crippen LogP contribution in [0.3, 0.4) is 0 Å². The Labute approximate surface area is 100 Å². The van der Waals surface area contributed by atoms with E-state index in [1.54, 1.807) is 7.11 Å². The van der Waals surface area contributed by atoms with Crippen molar-refractivity contribution in [1.29, 1.82) is 0 Å². The number of hydrogen-bond acceptors (Lipinski definition) is 3. The van der Waals surface area contributed by atoms with E-state index in [0.717, 1.165) is 0 Å². The number of methoxy groups -OCH3 is 1. The van der Waals surface area contributed by atoms with Gasteiger partial charge in [0.2, 0.25) is 0 Å². The molecule has 92 valence electrons. The molecule has 0 fully saturated rings. The van der Waals surface area contributed by atoms with Gasteiger partial charge in [0.25, 0.3) is 0 Å². The van der Waals surface area contributed by atoms with E-state index in [1.807, 2.05) is 6.92 Å². The minimum atomic E-state index is -0.389. The van der Waals surface area contributed by atoms with Gasteiger partial charge in [-0.2, -0.15) is 0 Å². The SMILES string of the molecule is COC(C)COc1cc(F)ccc1C#CCO. The van der Waals surface area contributed by atoms with Crippen LogP contribution in [0.1, 0.15) is 12.5 Å². The van der Waals surface area contributed by atoms with Crippen LogP contribution in [0.2, 0.25) is 0 Å². The number of ether oxygens (including phenoxy) is 2. The van der Waals surface area contributed by atoms with Crippen LogP contribution in [0.4, 0.5) is 4.39 Å². The Bertz CT molecular complexity index is 420. The highest BCUT2D eigenvalue weighted by Gasteiger charge is 2.06. The zero-order valence-corrected chi connectivity index (χ0v) is 9.87. The van der Waals surface area contributed by atoms with Crippen molar-refractivity contribution < 1.29 is 19.0 Å². The molecule has 1 N–H and O–H groups in total. The highest BCUT2D eigenvalue weighted by molar-refractivity contribution is 5.46. The lowest BCUT2D eigenvalue weighted by molar-refractivity contribution is 0.0714. The lowest BCUT2D eigenvalue weighted by Crippen LogP contribution is -2.16. The first kappa shape index (κ1) is 13.5. The molecule has 0 aliphatic carbocycles. The van der Waals surface area contributed by atoms with Gasteiger partial charge >= 0.3 is 0 Å². The van der Waals surface area contributed by atoms with Gasteiger partial charge < -0.3 is 14.6 Å². The molecule has 0 bridgehead atoms. The highest BCUT2D eigenvalue weighted by atomic mass is 19.1. The molecule has 3 nitrogen and oxygen atoms in total. The molecule has 0 amide bonds. The molecule has 1 rings (SSSR count). The van der Waals surface area contributed by atoms with Crippen LogP contribution < -0.4 is 4.74 Å². The third-order valence-corrected chi connectivity index (χ3v) is 2.12. The third-order valence-electron chi connectivity index (χ3n) is 2.12. The van der Waals surface area contributed by atoms with Gasteiger partial charge in [-0.1, -0.05) is 11.8 Å². The Morgan fingerprint density at radius 1 is 1.47 bits per heavy atom. The molecule has 0 heterocycles. The van der Waals surface area contributed by atoms with E-state index in [-0.39, 0.29) is 18.5 Å². The first-order chi connectivity index (χ1) is 8.17. The molecule has 17 heavy (non-hydrogen) atoms. The average molecular weight is 238 g/mol. The molecule has 1 aromatic rings. The Morgan fingerprint density at radius 3 is 2.88 bits per heavy atom. The fourth-order valence-corrected chi connectivity index (χ4v) is 1.13. The Morgan fingerprint density at radius 2 is 2.24 bits per heavy atom. The molecule has 0 aliphatic heterocycles. The van der Waals surface area contributed by atoms with Crippen molar-refractivity contribution in [3.63, 3.8) is 0 Å². The standard InChI is InChI=1S/C13H15FO3/c1-10(16-2)9-17-13-8-12(14)6-5-11(13)4-3-7-15/h5-6,8,10,15H,7,9H2,1-2H3. The number of aliphatic hydroxyl groups is 1. The summed E-state index contributed by atoms with van der Waals surface area (Å²) in [6.07, 6.45) is -0.0862. The summed E-state index contributed by atoms with van der Waals surface area (Å²) in [4.78, 5) is 0. The van der Waals surface area contributed by atoms with E-state index in [1.165, 1.54) is 18.2 Å². The maximum absolute atomic E-state index is 13.1. The molecule has 4 heteroatoms. The molecule has 0 radical (unpaired) electrons. The topological polar surface area (TPSA) is 38.7 Å². The zero-order chi connectivity index (χ0) is 12.7. The molecule has 0 spiro atoms. The fraction of sp³-hybridized carbons (Fsp3) is 0.385. The molecular formula is C13H15FO3. The van der Waals surface area contributed by atoms with Gasteiger partial charge in [-0.3, -0.25) is 0 Å². The summed E-state index contributed by atoms with van der Waals surface area (Å²) in [6, 6.07) is 4.09. The van der Waals surface area contributed by atoms with E-state index in [2.05, 4.69) is 11.8 Å². The second-order valence-corrected chi connectivity index (χ2v) is 3.46. The van der Waals surface area contributed by atoms with Crippen molar-refractivity contribution in [3.05, 3.63) is 29.6 Å². The minimum absolute atomic E-state index is 0.0862. The second kappa shape index (κ2) is 6.89. The number of benzene rings is 1. The van der Waals surface area contributed by atoms with Crippen LogP contribution >= 0.6 is 0 Å². The predicted octanol–water partition coefficient (Wildman–Crippen LogP) is 1.58. The summed E-state index contributed by atoms with van der Waals surface area (Å²) in [6.45, 7) is 1.91. The quantitative estimate of drug-likeness (QED) is 0.809. The lowest BCUT2D eigenvalue weighted by atomic mass is 10.2. The summed E-state index contributed by atoms with van der Waals surface area (Å²) < 4.78 is 23.5. The van der Waals surface area contributed by atoms with Crippen molar-refractivity contribution in [2.45, 2.75) is 13.0 Å². The molecule has 0 aliphatic rings. The minimum Gasteiger partial charge on any atom is -0.489 e. The van der Waals surface area contributed by atoms with Gasteiger partial charge in [-0.05, 0) is 19.1 Å². The van der Waals surface area contributed by atoms with Crippen LogP contribution in [0.25, 0.3) is 0 Å². The van der Waals surface area contributed by atoms with Crippen LogP contribution in [-0.4, -0.2) is 31.5 Å². The molecule has 1 unspecified atom stereocenters. The Balaban J connectivity index is 2.83. The number of aliphatic hydroxyl groups excluding tert-OH is 1. The third kappa shape index (κ3) is 4.43. The van der Waals surface area contributed by atoms with Crippen LogP contribution in [0.15, 0.2) is 18.2 Å². The normalized spacial score (nSPS) is 11.5. The smallest absolute Gasteiger partial charge is 0.137 e. The van der Waals surface area contributed by atoms with Crippen molar-refractivity contribution >= 4 is 0 Å². The molecule has 1 atom stereocenters. The maximum Gasteiger partial charge on any atom is 0.137 e. The van der Waals surface area contributed by atoms with Gasteiger partial charge in [0.1, 0.15) is 24.8 Å². The number of hydrogen-bond donors (Lipinski definition) is 1. The van der Waals surface area contributed by atoms with Gasteiger partial charge in [-0.15, -0.1) is 0 Å². The van der Waals surface area contributed by atoms with E-state index in [9.17, 15) is 4.39 Å². The van der Waals surface area contributed by atoms with E-state index in [4.69, 9.17) is 14.6 Å². The first-order valence-electron chi connectivity index (χ1n) is 5.22. The van der Waals surface area contributed by atoms with E-state index in [0.29, 0.717) is 17.9 Å². The highest BCUT2D eigenvalue weighted by Crippen LogP contribution is 2.19. The summed E-state index contributed by atoms with van der Waals surface area (Å²) in [5.41, 5.74) is 0.545. The average Bonchev–Trinajstić information content (AvgIpc) is 2.34. The predicted molar refractivity (Wildman–Crippen MR) is 62.3 cm³/mol. The van der Waals surface area contributed by atoms with Gasteiger partial charge in [0.15, 0.2) is 0 Å². The Kier molecular flexibility index (Phi) is 5.47. The van der Waals surface area contributed by atoms with Crippen molar-refractivity contribution in [3.8, 4) is 17.6 Å². The fourth-order valence-electron chi connectivity index (χ4n) is 1.13. The van der Waals surface area contributed by atoms with Gasteiger partial charge in [-0.25, -0.2) is 4.39 Å². The summed E-state index contributed by atoms with van der Waals surface area (Å²) in [7, 11) is 1.58. The summed E-state index contributed by atoms with van der Waals surface area (Å²) in [5.74, 6) is 5.16. The monoisotopic (exact) mass is 238 g/mol. The Hall–Kier alpha value is -1.57. The largest absolute Gasteiger partial charge is 0.489 e. The molecule has 0 saturated carbocycles. The van der Waals surface area contributed by atoms with Gasteiger partial charge in [0.05, 0.1) is 11.7 Å². The van der Waals surface area contributed by atoms with E-state index >= 15 is 0 Å². The van der Waals surface area contributed by atoms with Gasteiger partial charge in [0, 0.05) is 13.2 Å². The lowest BCUT2D eigenvalue weighted by Gasteiger charge is -2.12. The second-order valence-electron chi connectivity index (χ2n) is 3.46. The molecule has 0 aromatic heterocycles. The molecular weight excluding hydrogens is 223 g/mol. The van der Waals surface area contributed by atoms with Crippen LogP contribution in [-0.2, 0) is 4.74 Å². The van der Waals surface area contributed by atoms with E-state index < -0.39 is 0 Å². The maximum atomic E-state index is 13.1. The van der Waals surface area contributed by atoms with Crippen molar-refractivity contribution in [2.75, 3.05) is 20.3 Å². The van der Waals surface area contributed by atoms with Crippen LogP contribution in [0.5, 0.6) is 5.75 Å². The van der Waals surface area contributed by atoms with Crippen molar-refractivity contribution in [1.82, 2.24) is 0 Å². The zero-order valence-electron chi connectivity index (χ0n) is 9.87. The summed E-state index contributed by atoms with van der Waals surface area (Å²) >= 11 is 0. The summed E-state index contributed by atoms with van der Waals surface area (Å²) in [5, 5.41) is 8.62. The first-order valence-corrected chi connectivity index (χ1v) is 5.22. The molecule has 0 saturated heterocycles. The number of halogens is 1. The number of rotatable bonds is 4.